The van der Waals surface area contributed by atoms with E-state index in [0.29, 0.717) is 4.47 Å². The van der Waals surface area contributed by atoms with Gasteiger partial charge in [-0.3, -0.25) is 10.1 Å². The van der Waals surface area contributed by atoms with Crippen LogP contribution < -0.4 is 4.74 Å². The van der Waals surface area contributed by atoms with Crippen molar-refractivity contribution in [2.45, 2.75) is 0 Å². The first-order valence-corrected chi connectivity index (χ1v) is 5.04. The van der Waals surface area contributed by atoms with Crippen molar-refractivity contribution in [3.8, 4) is 11.5 Å². The zero-order chi connectivity index (χ0) is 12.3. The molecule has 0 aliphatic heterocycles. The summed E-state index contributed by atoms with van der Waals surface area (Å²) < 4.78 is 7.15. The van der Waals surface area contributed by atoms with Gasteiger partial charge in [0.25, 0.3) is 0 Å². The zero-order valence-electron chi connectivity index (χ0n) is 8.68. The van der Waals surface area contributed by atoms with Crippen molar-refractivity contribution in [2.24, 2.45) is 0 Å². The summed E-state index contributed by atoms with van der Waals surface area (Å²) in [7, 11) is 3.45. The second-order valence-corrected chi connectivity index (χ2v) is 4.13. The van der Waals surface area contributed by atoms with Crippen molar-refractivity contribution < 1.29 is 19.3 Å². The molecule has 0 saturated heterocycles. The second kappa shape index (κ2) is 4.93. The summed E-state index contributed by atoms with van der Waals surface area (Å²) in [4.78, 5) is 9.93. The normalized spacial score (nSPS) is 9.69. The fraction of sp³-hybridized carbons (Fsp3) is 0.222. The molecule has 0 heterocycles. The van der Waals surface area contributed by atoms with Crippen LogP contribution >= 0.6 is 15.9 Å². The number of hydrogen-bond donors (Lipinski definition) is 1. The van der Waals surface area contributed by atoms with Gasteiger partial charge in [0, 0.05) is 10.5 Å². The Balaban J connectivity index is 3.19. The molecule has 1 rings (SSSR count). The van der Waals surface area contributed by atoms with Crippen molar-refractivity contribution in [1.82, 2.24) is 0 Å². The lowest BCUT2D eigenvalue weighted by atomic mass is 10.3. The van der Waals surface area contributed by atoms with Crippen LogP contribution in [0.25, 0.3) is 0 Å². The van der Waals surface area contributed by atoms with Gasteiger partial charge in [0.15, 0.2) is 5.75 Å². The Bertz CT molecular complexity index is 455. The third-order valence-electron chi connectivity index (χ3n) is 1.61. The number of nitro benzene ring substituents is 1. The number of phenols is 1. The number of nitro groups is 1. The van der Waals surface area contributed by atoms with E-state index in [1.165, 1.54) is 18.5 Å². The largest absolute Gasteiger partial charge is 0.499 e. The molecule has 0 bridgehead atoms. The van der Waals surface area contributed by atoms with Gasteiger partial charge >= 0.3 is 12.1 Å². The number of phenolic OH excluding ortho intramolecular Hbond substituents is 1. The maximum atomic E-state index is 10.6. The Labute approximate surface area is 100 Å². The molecule has 16 heavy (non-hydrogen) atoms. The van der Waals surface area contributed by atoms with E-state index in [-0.39, 0.29) is 5.75 Å². The number of benzene rings is 1. The number of rotatable bonds is 3. The summed E-state index contributed by atoms with van der Waals surface area (Å²) in [6, 6.07) is 2.65. The summed E-state index contributed by atoms with van der Waals surface area (Å²) in [5, 5.41) is 20.2. The Morgan fingerprint density at radius 2 is 2.12 bits per heavy atom. The van der Waals surface area contributed by atoms with Gasteiger partial charge in [-0.05, 0) is 6.07 Å². The molecule has 6 nitrogen and oxygen atoms in total. The van der Waals surface area contributed by atoms with Crippen LogP contribution in [0, 0.1) is 10.1 Å². The quantitative estimate of drug-likeness (QED) is 0.302. The third-order valence-corrected chi connectivity index (χ3v) is 2.06. The summed E-state index contributed by atoms with van der Waals surface area (Å²) in [6.45, 7) is 0. The molecule has 0 aromatic heterocycles. The van der Waals surface area contributed by atoms with Gasteiger partial charge in [0.2, 0.25) is 5.75 Å². The van der Waals surface area contributed by atoms with Gasteiger partial charge in [-0.1, -0.05) is 15.9 Å². The summed E-state index contributed by atoms with van der Waals surface area (Å²) in [5.74, 6) is -0.471. The molecule has 1 N–H and O–H groups in total. The molecule has 0 saturated carbocycles. The average molecular weight is 290 g/mol. The van der Waals surface area contributed by atoms with Gasteiger partial charge in [-0.2, -0.15) is 0 Å². The van der Waals surface area contributed by atoms with Crippen LogP contribution in [0.15, 0.2) is 16.6 Å². The summed E-state index contributed by atoms with van der Waals surface area (Å²) in [5.41, 5.74) is -0.406. The lowest BCUT2D eigenvalue weighted by molar-refractivity contribution is -0.466. The summed E-state index contributed by atoms with van der Waals surface area (Å²) in [6.07, 6.45) is 1.32. The topological polar surface area (TPSA) is 75.6 Å². The molecule has 0 aliphatic rings. The van der Waals surface area contributed by atoms with E-state index >= 15 is 0 Å². The monoisotopic (exact) mass is 289 g/mol. The molecule has 86 valence electrons. The van der Waals surface area contributed by atoms with E-state index in [9.17, 15) is 15.2 Å². The van der Waals surface area contributed by atoms with Crippen molar-refractivity contribution in [1.29, 1.82) is 0 Å². The Morgan fingerprint density at radius 1 is 1.50 bits per heavy atom. The molecule has 0 unspecified atom stereocenters. The van der Waals surface area contributed by atoms with Crippen LogP contribution in [-0.4, -0.2) is 35.1 Å². The molecule has 7 heteroatoms. The maximum absolute atomic E-state index is 10.6. The highest BCUT2D eigenvalue weighted by Crippen LogP contribution is 2.38. The first kappa shape index (κ1) is 12.4. The van der Waals surface area contributed by atoms with E-state index in [1.807, 2.05) is 0 Å². The highest BCUT2D eigenvalue weighted by atomic mass is 79.9. The number of hydrogen-bond acceptors (Lipinski definition) is 4. The molecule has 0 atom stereocenters. The molecule has 0 amide bonds. The van der Waals surface area contributed by atoms with Crippen LogP contribution in [0.5, 0.6) is 11.5 Å². The number of ether oxygens (including phenoxy) is 1. The first-order chi connectivity index (χ1) is 7.41. The molecule has 1 aromatic carbocycles. The minimum absolute atomic E-state index is 0.0229. The second-order valence-electron chi connectivity index (χ2n) is 3.22. The Morgan fingerprint density at radius 3 is 2.62 bits per heavy atom. The molecule has 0 fully saturated rings. The maximum Gasteiger partial charge on any atom is 0.328 e. The smallest absolute Gasteiger partial charge is 0.328 e. The minimum atomic E-state index is -0.678. The lowest BCUT2D eigenvalue weighted by Gasteiger charge is -2.03. The van der Waals surface area contributed by atoms with E-state index in [1.54, 1.807) is 18.7 Å². The predicted octanol–water partition coefficient (Wildman–Crippen LogP) is 1.74. The van der Waals surface area contributed by atoms with E-state index in [2.05, 4.69) is 15.9 Å². The molecular weight excluding hydrogens is 280 g/mol. The fourth-order valence-electron chi connectivity index (χ4n) is 0.952. The van der Waals surface area contributed by atoms with Crippen molar-refractivity contribution in [2.75, 3.05) is 14.1 Å². The Kier molecular flexibility index (Phi) is 3.83. The molecule has 1 aromatic rings. The first-order valence-electron chi connectivity index (χ1n) is 4.25. The highest BCUT2D eigenvalue weighted by Gasteiger charge is 2.19. The third kappa shape index (κ3) is 2.93. The predicted molar refractivity (Wildman–Crippen MR) is 61.3 cm³/mol. The number of halogens is 1. The van der Waals surface area contributed by atoms with Gasteiger partial charge in [0.1, 0.15) is 14.1 Å². The number of nitrogens with zero attached hydrogens (tertiary/aromatic N) is 2. The van der Waals surface area contributed by atoms with Crippen LogP contribution in [0.3, 0.4) is 0 Å². The van der Waals surface area contributed by atoms with Crippen LogP contribution in [-0.2, 0) is 0 Å². The SMILES string of the molecule is C[N+](C)=COc1cc(Br)cc([N+](=O)[O-])c1O. The molecular formula is C9H10BrN2O4+. The molecule has 0 spiro atoms. The van der Waals surface area contributed by atoms with Crippen LogP contribution in [0.4, 0.5) is 5.69 Å². The lowest BCUT2D eigenvalue weighted by Crippen LogP contribution is -2.05. The average Bonchev–Trinajstić information content (AvgIpc) is 2.18. The van der Waals surface area contributed by atoms with E-state index < -0.39 is 16.4 Å². The van der Waals surface area contributed by atoms with Gasteiger partial charge in [0.05, 0.1) is 4.92 Å². The van der Waals surface area contributed by atoms with E-state index in [0.717, 1.165) is 0 Å². The molecule has 0 radical (unpaired) electrons. The minimum Gasteiger partial charge on any atom is -0.499 e. The summed E-state index contributed by atoms with van der Waals surface area (Å²) >= 11 is 3.10. The zero-order valence-corrected chi connectivity index (χ0v) is 10.3. The van der Waals surface area contributed by atoms with Crippen molar-refractivity contribution >= 4 is 28.0 Å². The van der Waals surface area contributed by atoms with Crippen LogP contribution in [0.1, 0.15) is 0 Å². The van der Waals surface area contributed by atoms with Gasteiger partial charge in [-0.25, -0.2) is 4.58 Å². The fourth-order valence-corrected chi connectivity index (χ4v) is 1.38. The van der Waals surface area contributed by atoms with Gasteiger partial charge in [-0.15, -0.1) is 0 Å². The van der Waals surface area contributed by atoms with Crippen LogP contribution in [0.2, 0.25) is 0 Å². The van der Waals surface area contributed by atoms with Crippen molar-refractivity contribution in [3.63, 3.8) is 0 Å². The number of aromatic hydroxyl groups is 1. The van der Waals surface area contributed by atoms with Gasteiger partial charge < -0.3 is 9.84 Å². The molecule has 0 aliphatic carbocycles. The highest BCUT2D eigenvalue weighted by molar-refractivity contribution is 9.10. The Hall–Kier alpha value is -1.63. The van der Waals surface area contributed by atoms with E-state index in [4.69, 9.17) is 4.74 Å². The van der Waals surface area contributed by atoms with Crippen molar-refractivity contribution in [3.05, 3.63) is 26.7 Å². The standard InChI is InChI=1S/C9H9BrN2O4/c1-11(2)5-16-8-4-6(10)3-7(9(8)13)12(14)15/h3-5H,1-2H3/p+1.